The van der Waals surface area contributed by atoms with E-state index in [0.29, 0.717) is 28.9 Å². The number of esters is 1. The average Bonchev–Trinajstić information content (AvgIpc) is 2.96. The second-order valence-electron chi connectivity index (χ2n) is 10.4. The molecule has 164 valence electrons. The van der Waals surface area contributed by atoms with Gasteiger partial charge in [0.15, 0.2) is 12.4 Å². The zero-order valence-electron chi connectivity index (χ0n) is 18.1. The van der Waals surface area contributed by atoms with Crippen molar-refractivity contribution in [1.29, 1.82) is 0 Å². The summed E-state index contributed by atoms with van der Waals surface area (Å²) in [4.78, 5) is 52.9. The number of nitrogens with zero attached hydrogens (tertiary/aromatic N) is 1. The first-order chi connectivity index (χ1) is 14.8. The molecule has 4 saturated carbocycles. The van der Waals surface area contributed by atoms with E-state index in [1.165, 1.54) is 19.3 Å². The summed E-state index contributed by atoms with van der Waals surface area (Å²) in [5, 5.41) is 0. The van der Waals surface area contributed by atoms with Crippen LogP contribution >= 0.6 is 0 Å². The Balaban J connectivity index is 1.30. The average molecular weight is 424 g/mol. The first-order valence-electron chi connectivity index (χ1n) is 11.5. The molecule has 1 aromatic rings. The molecular formula is C25H29NO5. The van der Waals surface area contributed by atoms with Crippen molar-refractivity contribution < 1.29 is 23.9 Å². The lowest BCUT2D eigenvalue weighted by molar-refractivity contribution is -0.160. The summed E-state index contributed by atoms with van der Waals surface area (Å²) in [6.07, 6.45) is 6.47. The predicted octanol–water partition coefficient (Wildman–Crippen LogP) is 3.64. The molecule has 1 heterocycles. The number of Topliss-reactive ketones (excluding diaryl/α,β-unsaturated/α-hetero) is 1. The van der Waals surface area contributed by atoms with Crippen molar-refractivity contribution in [2.24, 2.45) is 29.1 Å². The summed E-state index contributed by atoms with van der Waals surface area (Å²) in [6, 6.07) is 5.53. The molecule has 6 nitrogen and oxygen atoms in total. The van der Waals surface area contributed by atoms with Crippen molar-refractivity contribution in [1.82, 2.24) is 4.90 Å². The van der Waals surface area contributed by atoms with Crippen molar-refractivity contribution in [3.63, 3.8) is 0 Å². The van der Waals surface area contributed by atoms with E-state index in [0.717, 1.165) is 24.2 Å². The Morgan fingerprint density at radius 1 is 0.968 bits per heavy atom. The highest BCUT2D eigenvalue weighted by Crippen LogP contribution is 2.60. The van der Waals surface area contributed by atoms with E-state index in [-0.39, 0.29) is 23.7 Å². The number of hydrogen-bond donors (Lipinski definition) is 0. The number of fused-ring (bicyclic) bond motifs is 1. The molecule has 0 radical (unpaired) electrons. The van der Waals surface area contributed by atoms with Gasteiger partial charge in [0.1, 0.15) is 6.04 Å². The number of carbonyl (C=O) groups is 4. The smallest absolute Gasteiger partial charge is 0.330 e. The topological polar surface area (TPSA) is 80.8 Å². The number of benzene rings is 1. The molecule has 0 aromatic heterocycles. The fourth-order valence-corrected chi connectivity index (χ4v) is 6.96. The lowest BCUT2D eigenvalue weighted by atomic mass is 9.48. The summed E-state index contributed by atoms with van der Waals surface area (Å²) in [5.74, 6) is -0.0583. The van der Waals surface area contributed by atoms with Gasteiger partial charge in [-0.05, 0) is 74.3 Å². The normalized spacial score (nSPS) is 31.8. The summed E-state index contributed by atoms with van der Waals surface area (Å²) in [5.41, 5.74) is 0.268. The highest BCUT2D eigenvalue weighted by atomic mass is 16.5. The third-order valence-electron chi connectivity index (χ3n) is 7.95. The molecule has 2 amide bonds. The summed E-state index contributed by atoms with van der Waals surface area (Å²) in [7, 11) is 0. The molecular weight excluding hydrogens is 394 g/mol. The zero-order chi connectivity index (χ0) is 21.9. The van der Waals surface area contributed by atoms with E-state index in [1.54, 1.807) is 38.1 Å². The minimum atomic E-state index is -1.04. The SMILES string of the molecule is CC(C)[C@@H](C(=O)OCC(=O)C12CC3CC(CC(C3)C1)C2)N1C(=O)c2ccccc2C1=O. The Morgan fingerprint density at radius 2 is 1.45 bits per heavy atom. The second kappa shape index (κ2) is 7.28. The second-order valence-corrected chi connectivity index (χ2v) is 10.4. The number of imide groups is 1. The van der Waals surface area contributed by atoms with Gasteiger partial charge in [0, 0.05) is 5.41 Å². The monoisotopic (exact) mass is 423 g/mol. The minimum absolute atomic E-state index is 0.0183. The van der Waals surface area contributed by atoms with Gasteiger partial charge in [-0.25, -0.2) is 4.79 Å². The Morgan fingerprint density at radius 3 is 1.90 bits per heavy atom. The quantitative estimate of drug-likeness (QED) is 0.516. The third kappa shape index (κ3) is 3.22. The molecule has 4 aliphatic carbocycles. The summed E-state index contributed by atoms with van der Waals surface area (Å²) < 4.78 is 5.49. The number of rotatable bonds is 6. The maximum atomic E-state index is 13.2. The number of ether oxygens (including phenoxy) is 1. The number of hydrogen-bond acceptors (Lipinski definition) is 5. The molecule has 1 aliphatic heterocycles. The zero-order valence-corrected chi connectivity index (χ0v) is 18.1. The van der Waals surface area contributed by atoms with Crippen molar-refractivity contribution in [2.45, 2.75) is 58.4 Å². The number of ketones is 1. The van der Waals surface area contributed by atoms with Gasteiger partial charge in [-0.2, -0.15) is 0 Å². The van der Waals surface area contributed by atoms with Gasteiger partial charge >= 0.3 is 5.97 Å². The largest absolute Gasteiger partial charge is 0.456 e. The minimum Gasteiger partial charge on any atom is -0.456 e. The van der Waals surface area contributed by atoms with Crippen molar-refractivity contribution >= 4 is 23.6 Å². The van der Waals surface area contributed by atoms with E-state index < -0.39 is 23.8 Å². The van der Waals surface area contributed by atoms with Crippen LogP contribution < -0.4 is 0 Å². The van der Waals surface area contributed by atoms with Gasteiger partial charge < -0.3 is 4.74 Å². The molecule has 4 bridgehead atoms. The predicted molar refractivity (Wildman–Crippen MR) is 112 cm³/mol. The Labute approximate surface area is 182 Å². The molecule has 0 N–H and O–H groups in total. The van der Waals surface area contributed by atoms with E-state index in [2.05, 4.69) is 0 Å². The van der Waals surface area contributed by atoms with Crippen LogP contribution in [0.25, 0.3) is 0 Å². The van der Waals surface area contributed by atoms with Crippen LogP contribution in [0.5, 0.6) is 0 Å². The van der Waals surface area contributed by atoms with Crippen LogP contribution in [0.4, 0.5) is 0 Å². The lowest BCUT2D eigenvalue weighted by Gasteiger charge is -2.55. The molecule has 5 aliphatic rings. The maximum absolute atomic E-state index is 13.2. The van der Waals surface area contributed by atoms with Gasteiger partial charge in [-0.3, -0.25) is 19.3 Å². The van der Waals surface area contributed by atoms with Crippen LogP contribution in [-0.2, 0) is 14.3 Å². The molecule has 0 unspecified atom stereocenters. The molecule has 1 atom stereocenters. The van der Waals surface area contributed by atoms with Gasteiger partial charge in [0.05, 0.1) is 11.1 Å². The molecule has 4 fully saturated rings. The standard InChI is InChI=1S/C25H29NO5/c1-14(2)21(26-22(28)18-5-3-4-6-19(18)23(26)29)24(30)31-13-20(27)25-10-15-7-16(11-25)9-17(8-15)12-25/h3-6,14-17,21H,7-13H2,1-2H3/t15?,16?,17?,21-,25?/m0/s1. The number of amides is 2. The molecule has 0 saturated heterocycles. The van der Waals surface area contributed by atoms with E-state index in [1.807, 2.05) is 0 Å². The molecule has 6 heteroatoms. The molecule has 0 spiro atoms. The van der Waals surface area contributed by atoms with Gasteiger partial charge in [-0.15, -0.1) is 0 Å². The van der Waals surface area contributed by atoms with Crippen LogP contribution in [0.3, 0.4) is 0 Å². The fourth-order valence-electron chi connectivity index (χ4n) is 6.96. The van der Waals surface area contributed by atoms with Crippen LogP contribution in [0.15, 0.2) is 24.3 Å². The highest BCUT2D eigenvalue weighted by Gasteiger charge is 2.54. The van der Waals surface area contributed by atoms with Crippen molar-refractivity contribution in [2.75, 3.05) is 6.61 Å². The third-order valence-corrected chi connectivity index (χ3v) is 7.95. The van der Waals surface area contributed by atoms with E-state index >= 15 is 0 Å². The van der Waals surface area contributed by atoms with Crippen LogP contribution in [0.1, 0.15) is 73.1 Å². The van der Waals surface area contributed by atoms with Gasteiger partial charge in [0.2, 0.25) is 0 Å². The Hall–Kier alpha value is -2.50. The van der Waals surface area contributed by atoms with E-state index in [4.69, 9.17) is 4.74 Å². The maximum Gasteiger partial charge on any atom is 0.330 e. The highest BCUT2D eigenvalue weighted by molar-refractivity contribution is 6.22. The molecule has 31 heavy (non-hydrogen) atoms. The molecule has 1 aromatic carbocycles. The Kier molecular flexibility index (Phi) is 4.79. The number of carbonyl (C=O) groups excluding carboxylic acids is 4. The fraction of sp³-hybridized carbons (Fsp3) is 0.600. The summed E-state index contributed by atoms with van der Waals surface area (Å²) >= 11 is 0. The molecule has 6 rings (SSSR count). The van der Waals surface area contributed by atoms with Crippen LogP contribution in [-0.4, -0.2) is 41.1 Å². The van der Waals surface area contributed by atoms with Crippen molar-refractivity contribution in [3.8, 4) is 0 Å². The first-order valence-corrected chi connectivity index (χ1v) is 11.5. The Bertz CT molecular complexity index is 894. The first kappa shape index (κ1) is 20.4. The summed E-state index contributed by atoms with van der Waals surface area (Å²) in [6.45, 7) is 3.28. The van der Waals surface area contributed by atoms with E-state index in [9.17, 15) is 19.2 Å². The van der Waals surface area contributed by atoms with Crippen LogP contribution in [0.2, 0.25) is 0 Å². The van der Waals surface area contributed by atoms with Gasteiger partial charge in [-0.1, -0.05) is 26.0 Å². The van der Waals surface area contributed by atoms with Crippen LogP contribution in [0, 0.1) is 29.1 Å². The van der Waals surface area contributed by atoms with Gasteiger partial charge in [0.25, 0.3) is 11.8 Å². The van der Waals surface area contributed by atoms with Crippen molar-refractivity contribution in [3.05, 3.63) is 35.4 Å². The lowest BCUT2D eigenvalue weighted by Crippen LogP contribution is -2.52.